The second-order valence-electron chi connectivity index (χ2n) is 4.64. The van der Waals surface area contributed by atoms with Gasteiger partial charge in [0.1, 0.15) is 5.15 Å². The quantitative estimate of drug-likeness (QED) is 0.802. The maximum absolute atomic E-state index is 8.95. The Morgan fingerprint density at radius 1 is 1.42 bits per heavy atom. The lowest BCUT2D eigenvalue weighted by atomic mass is 10.2. The van der Waals surface area contributed by atoms with E-state index in [1.807, 2.05) is 12.1 Å². The highest BCUT2D eigenvalue weighted by molar-refractivity contribution is 6.31. The van der Waals surface area contributed by atoms with Crippen molar-refractivity contribution in [2.24, 2.45) is 0 Å². The molecular formula is C14H11Cl2N3. The molecule has 19 heavy (non-hydrogen) atoms. The van der Waals surface area contributed by atoms with Gasteiger partial charge in [0.2, 0.25) is 0 Å². The molecule has 0 radical (unpaired) electrons. The van der Waals surface area contributed by atoms with Crippen molar-refractivity contribution in [2.45, 2.75) is 24.6 Å². The van der Waals surface area contributed by atoms with E-state index >= 15 is 0 Å². The summed E-state index contributed by atoms with van der Waals surface area (Å²) in [5, 5.41) is 14.1. The van der Waals surface area contributed by atoms with E-state index in [9.17, 15) is 0 Å². The number of nitrogens with zero attached hydrogens (tertiary/aromatic N) is 3. The first kappa shape index (κ1) is 12.5. The number of halogens is 2. The molecule has 1 aliphatic carbocycles. The molecule has 0 aliphatic heterocycles. The summed E-state index contributed by atoms with van der Waals surface area (Å²) in [6.45, 7) is 0. The third kappa shape index (κ3) is 2.22. The van der Waals surface area contributed by atoms with Crippen LogP contribution in [0.1, 0.15) is 35.6 Å². The molecule has 0 bridgehead atoms. The Morgan fingerprint density at radius 2 is 2.21 bits per heavy atom. The minimum Gasteiger partial charge on any atom is -0.222 e. The average molecular weight is 292 g/mol. The normalized spacial score (nSPS) is 14.4. The molecule has 1 saturated carbocycles. The summed E-state index contributed by atoms with van der Waals surface area (Å²) in [5.74, 6) is 0.856. The Balaban J connectivity index is 2.12. The van der Waals surface area contributed by atoms with Crippen molar-refractivity contribution in [3.63, 3.8) is 0 Å². The molecule has 96 valence electrons. The lowest BCUT2D eigenvalue weighted by molar-refractivity contribution is 0.837. The predicted molar refractivity (Wildman–Crippen MR) is 74.8 cm³/mol. The second-order valence-corrected chi connectivity index (χ2v) is 5.26. The molecule has 0 amide bonds. The molecule has 0 N–H and O–H groups in total. The molecule has 0 unspecified atom stereocenters. The topological polar surface area (TPSA) is 41.6 Å². The molecule has 0 atom stereocenters. The average Bonchev–Trinajstić information content (AvgIpc) is 3.23. The van der Waals surface area contributed by atoms with E-state index in [2.05, 4.69) is 11.2 Å². The van der Waals surface area contributed by atoms with Gasteiger partial charge in [-0.15, -0.1) is 11.6 Å². The molecular weight excluding hydrogens is 281 g/mol. The van der Waals surface area contributed by atoms with Gasteiger partial charge in [-0.3, -0.25) is 0 Å². The van der Waals surface area contributed by atoms with E-state index in [-0.39, 0.29) is 0 Å². The van der Waals surface area contributed by atoms with Crippen molar-refractivity contribution in [2.75, 3.05) is 0 Å². The number of nitriles is 1. The fourth-order valence-electron chi connectivity index (χ4n) is 2.13. The van der Waals surface area contributed by atoms with Gasteiger partial charge in [-0.1, -0.05) is 17.7 Å². The van der Waals surface area contributed by atoms with Crippen LogP contribution < -0.4 is 0 Å². The van der Waals surface area contributed by atoms with E-state index < -0.39 is 0 Å². The fraction of sp³-hybridized carbons (Fsp3) is 0.286. The third-order valence-corrected chi connectivity index (χ3v) is 3.92. The minimum atomic E-state index is 0.364. The number of hydrogen-bond acceptors (Lipinski definition) is 2. The Kier molecular flexibility index (Phi) is 3.22. The summed E-state index contributed by atoms with van der Waals surface area (Å²) in [6.07, 6.45) is 2.30. The summed E-state index contributed by atoms with van der Waals surface area (Å²) in [7, 11) is 0. The zero-order chi connectivity index (χ0) is 13.4. The minimum absolute atomic E-state index is 0.364. The van der Waals surface area contributed by atoms with E-state index in [0.29, 0.717) is 22.5 Å². The van der Waals surface area contributed by atoms with Gasteiger partial charge in [-0.25, -0.2) is 4.68 Å². The van der Waals surface area contributed by atoms with E-state index in [1.165, 1.54) is 0 Å². The van der Waals surface area contributed by atoms with Crippen molar-refractivity contribution in [3.8, 4) is 11.8 Å². The van der Waals surface area contributed by atoms with Crippen LogP contribution in [0.15, 0.2) is 24.3 Å². The lowest BCUT2D eigenvalue weighted by Crippen LogP contribution is -1.97. The summed E-state index contributed by atoms with van der Waals surface area (Å²) in [4.78, 5) is 0. The van der Waals surface area contributed by atoms with Gasteiger partial charge < -0.3 is 0 Å². The molecule has 1 aromatic heterocycles. The lowest BCUT2D eigenvalue weighted by Gasteiger charge is -2.03. The van der Waals surface area contributed by atoms with Crippen LogP contribution in [0.25, 0.3) is 5.69 Å². The second kappa shape index (κ2) is 4.88. The fourth-order valence-corrected chi connectivity index (χ4v) is 2.76. The zero-order valence-electron chi connectivity index (χ0n) is 10.1. The highest BCUT2D eigenvalue weighted by Crippen LogP contribution is 2.43. The predicted octanol–water partition coefficient (Wildman–Crippen LogP) is 4.01. The van der Waals surface area contributed by atoms with Crippen LogP contribution in [0.5, 0.6) is 0 Å². The maximum atomic E-state index is 8.95. The number of benzene rings is 1. The Morgan fingerprint density at radius 3 is 2.84 bits per heavy atom. The van der Waals surface area contributed by atoms with Gasteiger partial charge in [0.05, 0.1) is 28.9 Å². The van der Waals surface area contributed by atoms with Gasteiger partial charge in [-0.05, 0) is 31.0 Å². The molecule has 5 heteroatoms. The van der Waals surface area contributed by atoms with Crippen LogP contribution in [0, 0.1) is 11.3 Å². The first-order valence-corrected chi connectivity index (χ1v) is 6.99. The summed E-state index contributed by atoms with van der Waals surface area (Å²) < 4.78 is 1.67. The monoisotopic (exact) mass is 291 g/mol. The zero-order valence-corrected chi connectivity index (χ0v) is 11.6. The van der Waals surface area contributed by atoms with E-state index in [0.717, 1.165) is 29.8 Å². The molecule has 3 rings (SSSR count). The van der Waals surface area contributed by atoms with Crippen LogP contribution >= 0.6 is 23.2 Å². The van der Waals surface area contributed by atoms with Crippen molar-refractivity contribution >= 4 is 23.2 Å². The summed E-state index contributed by atoms with van der Waals surface area (Å²) in [5.41, 5.74) is 3.29. The molecule has 1 heterocycles. The molecule has 1 aliphatic rings. The standard InChI is InChI=1S/C14H11Cl2N3/c15-7-12-13(10-4-5-10)18-19(14(12)16)11-3-1-2-9(6-11)8-17/h1-3,6,10H,4-5,7H2. The van der Waals surface area contributed by atoms with Crippen molar-refractivity contribution < 1.29 is 0 Å². The van der Waals surface area contributed by atoms with E-state index in [4.69, 9.17) is 28.5 Å². The van der Waals surface area contributed by atoms with Gasteiger partial charge in [0.15, 0.2) is 0 Å². The van der Waals surface area contributed by atoms with Gasteiger partial charge >= 0.3 is 0 Å². The summed E-state index contributed by atoms with van der Waals surface area (Å²) in [6, 6.07) is 9.35. The summed E-state index contributed by atoms with van der Waals surface area (Å²) >= 11 is 12.3. The van der Waals surface area contributed by atoms with Crippen molar-refractivity contribution in [3.05, 3.63) is 46.2 Å². The largest absolute Gasteiger partial charge is 0.222 e. The van der Waals surface area contributed by atoms with Crippen molar-refractivity contribution in [1.29, 1.82) is 5.26 Å². The smallest absolute Gasteiger partial charge is 0.137 e. The highest BCUT2D eigenvalue weighted by atomic mass is 35.5. The number of rotatable bonds is 3. The highest BCUT2D eigenvalue weighted by Gasteiger charge is 2.31. The Bertz CT molecular complexity index is 666. The molecule has 1 aromatic carbocycles. The number of alkyl halides is 1. The van der Waals surface area contributed by atoms with Gasteiger partial charge in [0, 0.05) is 11.5 Å². The number of hydrogen-bond donors (Lipinski definition) is 0. The van der Waals surface area contributed by atoms with Crippen LogP contribution in [0.3, 0.4) is 0 Å². The van der Waals surface area contributed by atoms with Gasteiger partial charge in [-0.2, -0.15) is 10.4 Å². The van der Waals surface area contributed by atoms with Crippen LogP contribution in [0.2, 0.25) is 5.15 Å². The van der Waals surface area contributed by atoms with Crippen LogP contribution in [0.4, 0.5) is 0 Å². The number of aromatic nitrogens is 2. The maximum Gasteiger partial charge on any atom is 0.137 e. The van der Waals surface area contributed by atoms with Crippen LogP contribution in [-0.4, -0.2) is 9.78 Å². The molecule has 0 saturated heterocycles. The Labute approximate surface area is 121 Å². The first-order valence-electron chi connectivity index (χ1n) is 6.08. The van der Waals surface area contributed by atoms with Crippen molar-refractivity contribution in [1.82, 2.24) is 9.78 Å². The van der Waals surface area contributed by atoms with Gasteiger partial charge in [0.25, 0.3) is 0 Å². The molecule has 0 spiro atoms. The first-order chi connectivity index (χ1) is 9.24. The molecule has 3 nitrogen and oxygen atoms in total. The van der Waals surface area contributed by atoms with Crippen LogP contribution in [-0.2, 0) is 5.88 Å². The molecule has 2 aromatic rings. The SMILES string of the molecule is N#Cc1cccc(-n2nc(C3CC3)c(CCl)c2Cl)c1. The third-order valence-electron chi connectivity index (χ3n) is 3.27. The van der Waals surface area contributed by atoms with E-state index in [1.54, 1.807) is 16.8 Å². The Hall–Kier alpha value is -1.50. The molecule has 1 fully saturated rings.